The van der Waals surface area contributed by atoms with Crippen molar-refractivity contribution in [2.45, 2.75) is 31.8 Å². The number of carbonyl (C=O) groups is 1. The molecule has 20 heavy (non-hydrogen) atoms. The van der Waals surface area contributed by atoms with Crippen LogP contribution < -0.4 is 0 Å². The van der Waals surface area contributed by atoms with Crippen LogP contribution in [0.25, 0.3) is 10.9 Å². The lowest BCUT2D eigenvalue weighted by Gasteiger charge is -2.22. The van der Waals surface area contributed by atoms with Gasteiger partial charge in [-0.1, -0.05) is 6.07 Å². The van der Waals surface area contributed by atoms with E-state index in [2.05, 4.69) is 4.98 Å². The number of aromatic nitrogens is 1. The minimum atomic E-state index is -0.640. The van der Waals surface area contributed by atoms with Crippen LogP contribution in [0.2, 0.25) is 0 Å². The van der Waals surface area contributed by atoms with E-state index in [4.69, 9.17) is 0 Å². The van der Waals surface area contributed by atoms with Crippen LogP contribution in [-0.2, 0) is 0 Å². The van der Waals surface area contributed by atoms with Crippen LogP contribution >= 0.6 is 0 Å². The standard InChI is InChI=1S/C16H20N2O2/c1-16(20)6-2-9-18(10-7-16)15(19)13-4-3-12-5-8-17-14(12)11-13/h3-5,8,11,17,20H,2,6-7,9-10H2,1H3. The summed E-state index contributed by atoms with van der Waals surface area (Å²) in [5, 5.41) is 11.2. The van der Waals surface area contributed by atoms with Crippen molar-refractivity contribution in [2.24, 2.45) is 0 Å². The quantitative estimate of drug-likeness (QED) is 0.838. The minimum Gasteiger partial charge on any atom is -0.390 e. The van der Waals surface area contributed by atoms with Crippen molar-refractivity contribution in [3.63, 3.8) is 0 Å². The van der Waals surface area contributed by atoms with Crippen LogP contribution in [0.1, 0.15) is 36.5 Å². The van der Waals surface area contributed by atoms with Crippen LogP contribution in [0.5, 0.6) is 0 Å². The van der Waals surface area contributed by atoms with Crippen LogP contribution in [-0.4, -0.2) is 39.6 Å². The largest absolute Gasteiger partial charge is 0.390 e. The number of benzene rings is 1. The average molecular weight is 272 g/mol. The molecule has 1 aliphatic rings. The van der Waals surface area contributed by atoms with Crippen molar-refractivity contribution in [3.05, 3.63) is 36.0 Å². The monoisotopic (exact) mass is 272 g/mol. The smallest absolute Gasteiger partial charge is 0.253 e. The average Bonchev–Trinajstić information content (AvgIpc) is 2.81. The molecule has 3 rings (SSSR count). The van der Waals surface area contributed by atoms with Crippen molar-refractivity contribution < 1.29 is 9.90 Å². The van der Waals surface area contributed by atoms with Crippen molar-refractivity contribution in [1.82, 2.24) is 9.88 Å². The number of amides is 1. The van der Waals surface area contributed by atoms with Crippen molar-refractivity contribution in [2.75, 3.05) is 13.1 Å². The zero-order valence-corrected chi connectivity index (χ0v) is 11.7. The van der Waals surface area contributed by atoms with Crippen molar-refractivity contribution in [3.8, 4) is 0 Å². The lowest BCUT2D eigenvalue weighted by atomic mass is 9.98. The van der Waals surface area contributed by atoms with E-state index < -0.39 is 5.60 Å². The van der Waals surface area contributed by atoms with Crippen LogP contribution in [0.4, 0.5) is 0 Å². The first kappa shape index (κ1) is 13.2. The Labute approximate surface area is 118 Å². The topological polar surface area (TPSA) is 56.3 Å². The van der Waals surface area contributed by atoms with E-state index in [9.17, 15) is 9.90 Å². The zero-order valence-electron chi connectivity index (χ0n) is 11.7. The van der Waals surface area contributed by atoms with Crippen LogP contribution in [0.15, 0.2) is 30.5 Å². The van der Waals surface area contributed by atoms with Crippen LogP contribution in [0, 0.1) is 0 Å². The first-order valence-electron chi connectivity index (χ1n) is 7.14. The molecule has 2 heterocycles. The third kappa shape index (κ3) is 2.56. The molecule has 0 spiro atoms. The fraction of sp³-hybridized carbons (Fsp3) is 0.438. The van der Waals surface area contributed by atoms with Gasteiger partial charge in [-0.3, -0.25) is 4.79 Å². The highest BCUT2D eigenvalue weighted by molar-refractivity contribution is 5.97. The Bertz CT molecular complexity index is 630. The molecule has 1 fully saturated rings. The number of aromatic amines is 1. The molecule has 1 aromatic heterocycles. The molecular formula is C16H20N2O2. The van der Waals surface area contributed by atoms with Gasteiger partial charge in [-0.15, -0.1) is 0 Å². The number of hydrogen-bond acceptors (Lipinski definition) is 2. The molecule has 1 saturated heterocycles. The van der Waals surface area contributed by atoms with Gasteiger partial charge in [-0.25, -0.2) is 0 Å². The van der Waals surface area contributed by atoms with Gasteiger partial charge in [0.25, 0.3) is 5.91 Å². The zero-order chi connectivity index (χ0) is 14.2. The summed E-state index contributed by atoms with van der Waals surface area (Å²) in [4.78, 5) is 17.5. The van der Waals surface area contributed by atoms with E-state index >= 15 is 0 Å². The van der Waals surface area contributed by atoms with Crippen molar-refractivity contribution in [1.29, 1.82) is 0 Å². The van der Waals surface area contributed by atoms with Gasteiger partial charge < -0.3 is 15.0 Å². The lowest BCUT2D eigenvalue weighted by molar-refractivity contribution is 0.0438. The normalized spacial score (nSPS) is 23.8. The summed E-state index contributed by atoms with van der Waals surface area (Å²) < 4.78 is 0. The second-order valence-electron chi connectivity index (χ2n) is 5.92. The Morgan fingerprint density at radius 2 is 2.15 bits per heavy atom. The molecule has 1 unspecified atom stereocenters. The molecule has 0 bridgehead atoms. The summed E-state index contributed by atoms with van der Waals surface area (Å²) in [6.07, 6.45) is 4.13. The maximum atomic E-state index is 12.6. The van der Waals surface area contributed by atoms with Gasteiger partial charge in [-0.05, 0) is 49.8 Å². The number of fused-ring (bicyclic) bond motifs is 1. The van der Waals surface area contributed by atoms with E-state index in [-0.39, 0.29) is 5.91 Å². The number of H-pyrrole nitrogens is 1. The highest BCUT2D eigenvalue weighted by Gasteiger charge is 2.27. The Morgan fingerprint density at radius 3 is 3.00 bits per heavy atom. The maximum absolute atomic E-state index is 12.6. The fourth-order valence-electron chi connectivity index (χ4n) is 2.83. The molecule has 4 nitrogen and oxygen atoms in total. The summed E-state index contributed by atoms with van der Waals surface area (Å²) in [6, 6.07) is 7.74. The van der Waals surface area contributed by atoms with Crippen molar-refractivity contribution >= 4 is 16.8 Å². The first-order valence-corrected chi connectivity index (χ1v) is 7.14. The molecule has 0 saturated carbocycles. The van der Waals surface area contributed by atoms with Gasteiger partial charge in [0.15, 0.2) is 0 Å². The van der Waals surface area contributed by atoms with Gasteiger partial charge in [-0.2, -0.15) is 0 Å². The highest BCUT2D eigenvalue weighted by Crippen LogP contribution is 2.23. The number of nitrogens with zero attached hydrogens (tertiary/aromatic N) is 1. The van der Waals surface area contributed by atoms with Gasteiger partial charge in [0.05, 0.1) is 5.60 Å². The molecule has 4 heteroatoms. The van der Waals surface area contributed by atoms with E-state index in [1.165, 1.54) is 0 Å². The number of aliphatic hydroxyl groups is 1. The van der Waals surface area contributed by atoms with Gasteiger partial charge >= 0.3 is 0 Å². The summed E-state index contributed by atoms with van der Waals surface area (Å²) >= 11 is 0. The van der Waals surface area contributed by atoms with Gasteiger partial charge in [0.1, 0.15) is 0 Å². The predicted molar refractivity (Wildman–Crippen MR) is 78.7 cm³/mol. The second kappa shape index (κ2) is 4.94. The SMILES string of the molecule is CC1(O)CCCN(C(=O)c2ccc3cc[nH]c3c2)CC1. The maximum Gasteiger partial charge on any atom is 0.253 e. The first-order chi connectivity index (χ1) is 9.55. The molecule has 106 valence electrons. The number of likely N-dealkylation sites (tertiary alicyclic amines) is 1. The summed E-state index contributed by atoms with van der Waals surface area (Å²) in [6.45, 7) is 3.19. The Kier molecular flexibility index (Phi) is 3.26. The van der Waals surface area contributed by atoms with E-state index in [0.717, 1.165) is 30.3 Å². The molecule has 2 aromatic rings. The second-order valence-corrected chi connectivity index (χ2v) is 5.92. The molecular weight excluding hydrogens is 252 g/mol. The molecule has 0 aliphatic carbocycles. The van der Waals surface area contributed by atoms with E-state index in [1.807, 2.05) is 42.3 Å². The Balaban J connectivity index is 1.80. The number of nitrogens with one attached hydrogen (secondary N) is 1. The molecule has 0 radical (unpaired) electrons. The molecule has 1 amide bonds. The number of hydrogen-bond donors (Lipinski definition) is 2. The minimum absolute atomic E-state index is 0.0548. The summed E-state index contributed by atoms with van der Waals surface area (Å²) in [5.41, 5.74) is 1.05. The molecule has 2 N–H and O–H groups in total. The Morgan fingerprint density at radius 1 is 1.30 bits per heavy atom. The third-order valence-electron chi connectivity index (χ3n) is 4.15. The van der Waals surface area contributed by atoms with Gasteiger partial charge in [0, 0.05) is 30.4 Å². The van der Waals surface area contributed by atoms with Gasteiger partial charge in [0.2, 0.25) is 0 Å². The van der Waals surface area contributed by atoms with E-state index in [0.29, 0.717) is 18.5 Å². The lowest BCUT2D eigenvalue weighted by Crippen LogP contribution is -2.33. The number of carbonyl (C=O) groups excluding carboxylic acids is 1. The van der Waals surface area contributed by atoms with Crippen LogP contribution in [0.3, 0.4) is 0 Å². The third-order valence-corrected chi connectivity index (χ3v) is 4.15. The number of rotatable bonds is 1. The predicted octanol–water partition coefficient (Wildman–Crippen LogP) is 2.55. The van der Waals surface area contributed by atoms with E-state index in [1.54, 1.807) is 0 Å². The Hall–Kier alpha value is -1.81. The highest BCUT2D eigenvalue weighted by atomic mass is 16.3. The fourth-order valence-corrected chi connectivity index (χ4v) is 2.83. The molecule has 1 aromatic carbocycles. The molecule has 1 atom stereocenters. The molecule has 1 aliphatic heterocycles. The summed E-state index contributed by atoms with van der Waals surface area (Å²) in [7, 11) is 0. The summed E-state index contributed by atoms with van der Waals surface area (Å²) in [5.74, 6) is 0.0548.